The number of ether oxygens (including phenoxy) is 1. The van der Waals surface area contributed by atoms with Crippen molar-refractivity contribution in [3.05, 3.63) is 34.9 Å². The monoisotopic (exact) mass is 450 g/mol. The lowest BCUT2D eigenvalue weighted by molar-refractivity contribution is -0.143. The number of aliphatic hydroxyl groups excluding tert-OH is 1. The van der Waals surface area contributed by atoms with E-state index in [-0.39, 0.29) is 49.8 Å². The van der Waals surface area contributed by atoms with E-state index in [1.807, 2.05) is 6.92 Å². The summed E-state index contributed by atoms with van der Waals surface area (Å²) in [6.45, 7) is 3.41. The highest BCUT2D eigenvalue weighted by Gasteiger charge is 2.54. The molecule has 3 amide bonds. The summed E-state index contributed by atoms with van der Waals surface area (Å²) in [7, 11) is 1.51. The number of imide groups is 1. The van der Waals surface area contributed by atoms with Gasteiger partial charge in [-0.1, -0.05) is 36.7 Å². The molecule has 2 saturated heterocycles. The molecular formula is C23H31ClN2O5. The molecule has 2 aliphatic rings. The number of piperidine rings is 1. The van der Waals surface area contributed by atoms with Crippen molar-refractivity contribution in [2.24, 2.45) is 5.92 Å². The minimum Gasteiger partial charge on any atom is -0.393 e. The zero-order chi connectivity index (χ0) is 22.6. The third-order valence-electron chi connectivity index (χ3n) is 6.62. The molecule has 2 fully saturated rings. The first-order valence-electron chi connectivity index (χ1n) is 10.9. The van der Waals surface area contributed by atoms with Crippen molar-refractivity contribution in [1.82, 2.24) is 9.80 Å². The lowest BCUT2D eigenvalue weighted by Gasteiger charge is -2.36. The molecule has 0 radical (unpaired) electrons. The first-order chi connectivity index (χ1) is 14.8. The van der Waals surface area contributed by atoms with Crippen LogP contribution >= 0.6 is 11.6 Å². The maximum Gasteiger partial charge on any atom is 0.241 e. The van der Waals surface area contributed by atoms with Crippen molar-refractivity contribution >= 4 is 29.3 Å². The van der Waals surface area contributed by atoms with Gasteiger partial charge in [0, 0.05) is 38.1 Å². The van der Waals surface area contributed by atoms with Crippen LogP contribution in [0.4, 0.5) is 0 Å². The zero-order valence-corrected chi connectivity index (χ0v) is 18.9. The molecule has 0 bridgehead atoms. The third-order valence-corrected chi connectivity index (χ3v) is 6.95. The third kappa shape index (κ3) is 4.78. The molecule has 1 aromatic rings. The molecule has 0 saturated carbocycles. The van der Waals surface area contributed by atoms with Crippen molar-refractivity contribution in [2.75, 3.05) is 33.4 Å². The van der Waals surface area contributed by atoms with Crippen LogP contribution in [0.15, 0.2) is 24.3 Å². The second-order valence-electron chi connectivity index (χ2n) is 8.45. The molecular weight excluding hydrogens is 420 g/mol. The fourth-order valence-electron chi connectivity index (χ4n) is 4.74. The summed E-state index contributed by atoms with van der Waals surface area (Å²) in [4.78, 5) is 42.4. The predicted octanol–water partition coefficient (Wildman–Crippen LogP) is 2.38. The highest BCUT2D eigenvalue weighted by atomic mass is 35.5. The number of carbonyl (C=O) groups excluding carboxylic acids is 3. The SMILES string of the molecule is CC[C@@H](O)C1CCN(C(=O)C[C@@]2(c3ccccc3Cl)CC(=O)N(CCOC)C2=O)CC1. The van der Waals surface area contributed by atoms with Gasteiger partial charge in [0.25, 0.3) is 0 Å². The number of amides is 3. The Bertz CT molecular complexity index is 824. The minimum atomic E-state index is -1.31. The lowest BCUT2D eigenvalue weighted by Crippen LogP contribution is -2.46. The number of benzene rings is 1. The number of likely N-dealkylation sites (tertiary alicyclic amines) is 2. The fraction of sp³-hybridized carbons (Fsp3) is 0.609. The zero-order valence-electron chi connectivity index (χ0n) is 18.2. The molecule has 8 heteroatoms. The van der Waals surface area contributed by atoms with Gasteiger partial charge < -0.3 is 14.7 Å². The summed E-state index contributed by atoms with van der Waals surface area (Å²) in [5, 5.41) is 10.5. The Labute approximate surface area is 188 Å². The summed E-state index contributed by atoms with van der Waals surface area (Å²) in [6.07, 6.45) is 1.61. The van der Waals surface area contributed by atoms with E-state index < -0.39 is 11.3 Å². The van der Waals surface area contributed by atoms with Crippen LogP contribution in [0.3, 0.4) is 0 Å². The lowest BCUT2D eigenvalue weighted by atomic mass is 9.75. The van der Waals surface area contributed by atoms with Crippen LogP contribution in [-0.4, -0.2) is 72.1 Å². The quantitative estimate of drug-likeness (QED) is 0.614. The molecule has 3 rings (SSSR count). The van der Waals surface area contributed by atoms with E-state index >= 15 is 0 Å². The summed E-state index contributed by atoms with van der Waals surface area (Å²) < 4.78 is 5.05. The maximum atomic E-state index is 13.5. The Balaban J connectivity index is 1.84. The Morgan fingerprint density at radius 2 is 1.97 bits per heavy atom. The van der Waals surface area contributed by atoms with Crippen LogP contribution in [0, 0.1) is 5.92 Å². The first-order valence-corrected chi connectivity index (χ1v) is 11.3. The minimum absolute atomic E-state index is 0.0873. The van der Waals surface area contributed by atoms with E-state index in [0.29, 0.717) is 30.1 Å². The van der Waals surface area contributed by atoms with E-state index in [0.717, 1.165) is 12.8 Å². The molecule has 170 valence electrons. The van der Waals surface area contributed by atoms with Crippen LogP contribution in [-0.2, 0) is 24.5 Å². The number of carbonyl (C=O) groups is 3. The van der Waals surface area contributed by atoms with Gasteiger partial charge in [-0.3, -0.25) is 19.3 Å². The molecule has 7 nitrogen and oxygen atoms in total. The standard InChI is InChI=1S/C23H31ClN2O5/c1-3-19(27)16-8-10-25(11-9-16)20(28)14-23(17-6-4-5-7-18(17)24)15-21(29)26(22(23)30)12-13-31-2/h4-7,16,19,27H,3,8-15H2,1-2H3/t19-,23+/m1/s1. The Hall–Kier alpha value is -1.96. The van der Waals surface area contributed by atoms with Crippen LogP contribution < -0.4 is 0 Å². The van der Waals surface area contributed by atoms with Crippen LogP contribution in [0.25, 0.3) is 0 Å². The Kier molecular flexibility index (Phi) is 7.73. The van der Waals surface area contributed by atoms with Crippen molar-refractivity contribution < 1.29 is 24.2 Å². The highest BCUT2D eigenvalue weighted by Crippen LogP contribution is 2.43. The molecule has 2 atom stereocenters. The summed E-state index contributed by atoms with van der Waals surface area (Å²) in [5.74, 6) is -0.697. The molecule has 2 aliphatic heterocycles. The van der Waals surface area contributed by atoms with Gasteiger partial charge in [-0.2, -0.15) is 0 Å². The van der Waals surface area contributed by atoms with Crippen molar-refractivity contribution in [1.29, 1.82) is 0 Å². The predicted molar refractivity (Wildman–Crippen MR) is 117 cm³/mol. The maximum absolute atomic E-state index is 13.5. The molecule has 1 aromatic carbocycles. The van der Waals surface area contributed by atoms with E-state index in [9.17, 15) is 19.5 Å². The molecule has 0 aliphatic carbocycles. The average Bonchev–Trinajstić information content (AvgIpc) is 3.01. The number of methoxy groups -OCH3 is 1. The van der Waals surface area contributed by atoms with Gasteiger partial charge in [0.2, 0.25) is 17.7 Å². The number of aliphatic hydroxyl groups is 1. The van der Waals surface area contributed by atoms with E-state index in [1.165, 1.54) is 12.0 Å². The van der Waals surface area contributed by atoms with Crippen molar-refractivity contribution in [3.63, 3.8) is 0 Å². The number of hydrogen-bond acceptors (Lipinski definition) is 5. The second kappa shape index (κ2) is 10.1. The number of rotatable bonds is 8. The van der Waals surface area contributed by atoms with Crippen LogP contribution in [0.1, 0.15) is 44.6 Å². The Morgan fingerprint density at radius 3 is 2.58 bits per heavy atom. The molecule has 1 N–H and O–H groups in total. The van der Waals surface area contributed by atoms with Gasteiger partial charge >= 0.3 is 0 Å². The summed E-state index contributed by atoms with van der Waals surface area (Å²) in [5.41, 5.74) is -0.792. The normalized spacial score (nSPS) is 23.5. The van der Waals surface area contributed by atoms with Crippen molar-refractivity contribution in [3.8, 4) is 0 Å². The van der Waals surface area contributed by atoms with Crippen LogP contribution in [0.5, 0.6) is 0 Å². The van der Waals surface area contributed by atoms with Gasteiger partial charge in [-0.25, -0.2) is 0 Å². The smallest absolute Gasteiger partial charge is 0.241 e. The van der Waals surface area contributed by atoms with E-state index in [1.54, 1.807) is 29.2 Å². The molecule has 2 heterocycles. The fourth-order valence-corrected chi connectivity index (χ4v) is 5.06. The second-order valence-corrected chi connectivity index (χ2v) is 8.86. The van der Waals surface area contributed by atoms with Gasteiger partial charge in [-0.15, -0.1) is 0 Å². The number of hydrogen-bond donors (Lipinski definition) is 1. The van der Waals surface area contributed by atoms with Gasteiger partial charge in [-0.05, 0) is 36.8 Å². The topological polar surface area (TPSA) is 87.2 Å². The molecule has 0 aromatic heterocycles. The molecule has 0 unspecified atom stereocenters. The summed E-state index contributed by atoms with van der Waals surface area (Å²) in [6, 6.07) is 6.93. The molecule has 31 heavy (non-hydrogen) atoms. The number of halogens is 1. The van der Waals surface area contributed by atoms with E-state index in [4.69, 9.17) is 16.3 Å². The van der Waals surface area contributed by atoms with Gasteiger partial charge in [0.05, 0.1) is 24.7 Å². The highest BCUT2D eigenvalue weighted by molar-refractivity contribution is 6.32. The Morgan fingerprint density at radius 1 is 1.29 bits per heavy atom. The van der Waals surface area contributed by atoms with Gasteiger partial charge in [0.15, 0.2) is 0 Å². The van der Waals surface area contributed by atoms with Gasteiger partial charge in [0.1, 0.15) is 0 Å². The van der Waals surface area contributed by atoms with Crippen molar-refractivity contribution in [2.45, 2.75) is 50.5 Å². The first kappa shape index (κ1) is 23.7. The molecule has 0 spiro atoms. The largest absolute Gasteiger partial charge is 0.393 e. The van der Waals surface area contributed by atoms with Crippen LogP contribution in [0.2, 0.25) is 5.02 Å². The number of nitrogens with zero attached hydrogens (tertiary/aromatic N) is 2. The average molecular weight is 451 g/mol. The van der Waals surface area contributed by atoms with E-state index in [2.05, 4.69) is 0 Å². The summed E-state index contributed by atoms with van der Waals surface area (Å²) >= 11 is 6.44.